The Balaban J connectivity index is 0.901. The number of hydrogen-bond donors (Lipinski definition) is 0. The van der Waals surface area contributed by atoms with Gasteiger partial charge in [-0.25, -0.2) is 19.1 Å². The van der Waals surface area contributed by atoms with Crippen molar-refractivity contribution in [3.8, 4) is 90.5 Å². The maximum Gasteiger partial charge on any atom is 0.282 e. The number of aromatic nitrogens is 10. The van der Waals surface area contributed by atoms with Gasteiger partial charge in [0, 0.05) is 97.9 Å². The lowest BCUT2D eigenvalue weighted by Crippen LogP contribution is -2.51. The van der Waals surface area contributed by atoms with Crippen molar-refractivity contribution in [3.05, 3.63) is 443 Å². The maximum atomic E-state index is 6.25. The van der Waals surface area contributed by atoms with E-state index in [-0.39, 0.29) is 0 Å². The van der Waals surface area contributed by atoms with Gasteiger partial charge in [-0.05, 0) is 162 Å². The molecular formula is C117H73N10+. The third kappa shape index (κ3) is 10.4. The van der Waals surface area contributed by atoms with Gasteiger partial charge < -0.3 is 18.3 Å². The van der Waals surface area contributed by atoms with E-state index in [4.69, 9.17) is 9.97 Å². The Bertz CT molecular complexity index is 8540. The van der Waals surface area contributed by atoms with E-state index in [1.807, 2.05) is 0 Å². The van der Waals surface area contributed by atoms with Gasteiger partial charge in [0.1, 0.15) is 33.4 Å². The van der Waals surface area contributed by atoms with Crippen molar-refractivity contribution in [2.45, 2.75) is 0 Å². The van der Waals surface area contributed by atoms with Crippen molar-refractivity contribution < 1.29 is 4.68 Å². The van der Waals surface area contributed by atoms with Crippen LogP contribution in [0.15, 0.2) is 443 Å². The van der Waals surface area contributed by atoms with Crippen LogP contribution in [0.25, 0.3) is 243 Å². The van der Waals surface area contributed by atoms with E-state index in [2.05, 4.69) is 480 Å². The van der Waals surface area contributed by atoms with Gasteiger partial charge in [-0.1, -0.05) is 303 Å². The van der Waals surface area contributed by atoms with Crippen LogP contribution in [0.1, 0.15) is 0 Å². The lowest BCUT2D eigenvalue weighted by atomic mass is 9.98. The molecule has 10 heteroatoms. The van der Waals surface area contributed by atoms with Crippen LogP contribution in [-0.2, 0) is 0 Å². The number of fused-ring (bicyclic) bond motifs is 21. The minimum Gasteiger partial charge on any atom is -0.309 e. The first-order valence-electron chi connectivity index (χ1n) is 43.5. The molecule has 0 aliphatic rings. The van der Waals surface area contributed by atoms with Crippen LogP contribution >= 0.6 is 0 Å². The van der Waals surface area contributed by atoms with E-state index in [1.165, 1.54) is 21.5 Å². The van der Waals surface area contributed by atoms with Crippen molar-refractivity contribution >= 4 is 153 Å². The van der Waals surface area contributed by atoms with Crippen LogP contribution < -0.4 is 4.68 Å². The summed E-state index contributed by atoms with van der Waals surface area (Å²) >= 11 is 0. The third-order valence-corrected chi connectivity index (χ3v) is 26.6. The summed E-state index contributed by atoms with van der Waals surface area (Å²) in [6, 6.07) is 164. The fourth-order valence-electron chi connectivity index (χ4n) is 21.2. The lowest BCUT2D eigenvalue weighted by molar-refractivity contribution is -0.708. The van der Waals surface area contributed by atoms with Gasteiger partial charge >= 0.3 is 0 Å². The number of rotatable bonds is 12. The van der Waals surface area contributed by atoms with Crippen molar-refractivity contribution in [2.24, 2.45) is 0 Å². The minimum absolute atomic E-state index is 0.523. The predicted molar refractivity (Wildman–Crippen MR) is 526 cm³/mol. The van der Waals surface area contributed by atoms with Gasteiger partial charge in [-0.15, -0.1) is 4.68 Å². The summed E-state index contributed by atoms with van der Waals surface area (Å²) in [7, 11) is 0. The molecular weight excluding hydrogens is 1550 g/mol. The molecule has 0 saturated carbocycles. The zero-order valence-electron chi connectivity index (χ0n) is 68.6. The molecule has 0 unspecified atom stereocenters. The minimum atomic E-state index is 0.523. The molecule has 10 nitrogen and oxygen atoms in total. The predicted octanol–water partition coefficient (Wildman–Crippen LogP) is 29.1. The van der Waals surface area contributed by atoms with Crippen LogP contribution in [0, 0.1) is 0 Å². The highest BCUT2D eigenvalue weighted by molar-refractivity contribution is 6.19. The quantitative estimate of drug-likeness (QED) is 0.114. The highest BCUT2D eigenvalue weighted by Crippen LogP contribution is 2.51. The van der Waals surface area contributed by atoms with Crippen molar-refractivity contribution in [2.75, 3.05) is 0 Å². The molecule has 9 heterocycles. The molecule has 18 aromatic carbocycles. The number of para-hydroxylation sites is 12. The van der Waals surface area contributed by atoms with E-state index < -0.39 is 0 Å². The maximum absolute atomic E-state index is 6.25. The summed E-state index contributed by atoms with van der Waals surface area (Å²) in [6.45, 7) is 0. The molecule has 27 rings (SSSR count). The second kappa shape index (κ2) is 27.7. The Morgan fingerprint density at radius 2 is 0.386 bits per heavy atom. The summed E-state index contributed by atoms with van der Waals surface area (Å²) in [5.74, 6) is 2.17. The smallest absolute Gasteiger partial charge is 0.282 e. The molecule has 0 bridgehead atoms. The fraction of sp³-hybridized carbons (Fsp3) is 0. The van der Waals surface area contributed by atoms with E-state index in [0.29, 0.717) is 5.82 Å². The van der Waals surface area contributed by atoms with Gasteiger partial charge in [0.05, 0.1) is 72.1 Å². The average molecular weight is 1620 g/mol. The zero-order chi connectivity index (χ0) is 83.1. The summed E-state index contributed by atoms with van der Waals surface area (Å²) in [5, 5.41) is 15.6. The Morgan fingerprint density at radius 1 is 0.165 bits per heavy atom. The molecule has 0 N–H and O–H groups in total. The van der Waals surface area contributed by atoms with E-state index >= 15 is 0 Å². The molecule has 0 spiro atoms. The molecule has 0 atom stereocenters. The first-order chi connectivity index (χ1) is 63.1. The summed E-state index contributed by atoms with van der Waals surface area (Å²) in [4.78, 5) is 12.5. The normalized spacial score (nSPS) is 12.1. The molecule has 0 fully saturated rings. The zero-order valence-corrected chi connectivity index (χ0v) is 68.6. The van der Waals surface area contributed by atoms with Crippen molar-refractivity contribution in [3.63, 3.8) is 0 Å². The van der Waals surface area contributed by atoms with E-state index in [0.717, 1.165) is 216 Å². The summed E-state index contributed by atoms with van der Waals surface area (Å²) in [6.07, 6.45) is 0. The average Bonchev–Trinajstić information content (AvgIpc) is 1.55. The Morgan fingerprint density at radius 3 is 0.677 bits per heavy atom. The first-order valence-corrected chi connectivity index (χ1v) is 43.5. The van der Waals surface area contributed by atoms with Gasteiger partial charge in [0.25, 0.3) is 11.6 Å². The Labute approximate surface area is 727 Å². The summed E-state index contributed by atoms with van der Waals surface area (Å²) in [5.41, 5.74) is 27.1. The molecule has 590 valence electrons. The number of nitrogens with zero attached hydrogens (tertiary/aromatic N) is 10. The molecule has 0 saturated heterocycles. The highest BCUT2D eigenvalue weighted by atomic mass is 15.5. The second-order valence-corrected chi connectivity index (χ2v) is 33.3. The Kier molecular flexibility index (Phi) is 15.3. The highest BCUT2D eigenvalue weighted by Gasteiger charge is 2.42. The third-order valence-electron chi connectivity index (χ3n) is 26.6. The van der Waals surface area contributed by atoms with E-state index in [9.17, 15) is 0 Å². The van der Waals surface area contributed by atoms with Gasteiger partial charge in [0.2, 0.25) is 0 Å². The first kappa shape index (κ1) is 70.5. The largest absolute Gasteiger partial charge is 0.309 e. The molecule has 9 aromatic heterocycles. The number of hydrogen-bond acceptors (Lipinski definition) is 2. The standard InChI is InChI=1S/C117H73N10/c1-5-33-74(34-6-1)96-73-97(75-35-7-2-8-36-75)119-115(118-96)112-113(122-100-53-25-13-41-82(100)83-42-14-26-54-101(83)122)116(124-104-57-29-17-45-86(104)87-46-18-30-58-105(87)124)127(117(125-106-59-31-19-47-88(106)89-48-20-32-60-107(89)125)114(112)123-102-55-27-15-43-84(102)85-44-16-28-56-103(85)123)126-110-67-63-78(76-61-65-108-92(69-76)90-49-21-23-51-98(90)120(108)80-37-9-3-10-38-80)71-94(110)95-72-79(64-68-111(95)126)77-62-66-109-93(70-77)91-50-22-24-52-99(91)121(109)81-39-11-4-12-40-81/h1-73H/q+1. The topological polar surface area (TPSA) is 64.2 Å². The van der Waals surface area contributed by atoms with Crippen molar-refractivity contribution in [1.29, 1.82) is 0 Å². The molecule has 0 amide bonds. The van der Waals surface area contributed by atoms with Crippen LogP contribution in [0.5, 0.6) is 0 Å². The molecule has 27 aromatic rings. The second-order valence-electron chi connectivity index (χ2n) is 33.3. The SMILES string of the molecule is c1ccc(-c2cc(-c3ccccc3)nc(-c3c(-n4c5ccccc5c5ccccc54)c(-n4c5ccccc5c5ccccc54)[n+](-n4c5ccc(-c6ccc7c(c6)c6ccccc6n7-c6ccccc6)cc5c5cc(-c6ccc7c(c6)c6ccccc6n7-c6ccccc6)ccc54)c(-n4c5ccccc5c5ccccc54)c3-n3c4ccccc4c4ccccc43)n2)cc1. The molecule has 0 aliphatic carbocycles. The van der Waals surface area contributed by atoms with Crippen LogP contribution in [0.3, 0.4) is 0 Å². The lowest BCUT2D eigenvalue weighted by Gasteiger charge is -2.28. The monoisotopic (exact) mass is 1620 g/mol. The summed E-state index contributed by atoms with van der Waals surface area (Å²) < 4.78 is 20.4. The van der Waals surface area contributed by atoms with Crippen LogP contribution in [0.2, 0.25) is 0 Å². The van der Waals surface area contributed by atoms with Gasteiger partial charge in [-0.3, -0.25) is 0 Å². The van der Waals surface area contributed by atoms with E-state index in [1.54, 1.807) is 0 Å². The van der Waals surface area contributed by atoms with Gasteiger partial charge in [-0.2, -0.15) is 4.68 Å². The van der Waals surface area contributed by atoms with Crippen molar-refractivity contribution in [1.82, 2.24) is 42.0 Å². The molecule has 127 heavy (non-hydrogen) atoms. The number of pyridine rings is 1. The Hall–Kier alpha value is -17.2. The molecule has 0 aliphatic heterocycles. The van der Waals surface area contributed by atoms with Crippen LogP contribution in [-0.4, -0.2) is 42.0 Å². The molecule has 0 radical (unpaired) electrons. The van der Waals surface area contributed by atoms with Crippen LogP contribution in [0.4, 0.5) is 0 Å². The van der Waals surface area contributed by atoms with Gasteiger partial charge in [0.15, 0.2) is 5.82 Å². The fourth-order valence-corrected chi connectivity index (χ4v) is 21.2. The number of benzene rings is 18.